The normalized spacial score (nSPS) is 24.3. The topological polar surface area (TPSA) is 51.2 Å². The van der Waals surface area contributed by atoms with Crippen LogP contribution in [0.5, 0.6) is 5.75 Å². The number of carbonyl (C=O) groups excluding carboxylic acids is 1. The minimum Gasteiger partial charge on any atom is -0.491 e. The van der Waals surface area contributed by atoms with Gasteiger partial charge in [-0.25, -0.2) is 0 Å². The molecule has 2 heterocycles. The molecule has 2 aliphatic heterocycles. The Bertz CT molecular complexity index is 720. The van der Waals surface area contributed by atoms with Gasteiger partial charge in [-0.1, -0.05) is 6.92 Å². The summed E-state index contributed by atoms with van der Waals surface area (Å²) in [6.45, 7) is 15.8. The summed E-state index contributed by atoms with van der Waals surface area (Å²) in [7, 11) is 0. The van der Waals surface area contributed by atoms with E-state index in [2.05, 4.69) is 11.8 Å². The highest BCUT2D eigenvalue weighted by atomic mass is 35.5. The summed E-state index contributed by atoms with van der Waals surface area (Å²) in [5, 5.41) is 0. The van der Waals surface area contributed by atoms with Crippen molar-refractivity contribution in [3.63, 3.8) is 0 Å². The van der Waals surface area contributed by atoms with Crippen molar-refractivity contribution in [2.45, 2.75) is 59.2 Å². The highest BCUT2D eigenvalue weighted by molar-refractivity contribution is 5.94. The minimum absolute atomic E-state index is 0. The highest BCUT2D eigenvalue weighted by Crippen LogP contribution is 2.35. The monoisotopic (exact) mass is 454 g/mol. The third-order valence-electron chi connectivity index (χ3n) is 6.13. The van der Waals surface area contributed by atoms with Gasteiger partial charge in [0.15, 0.2) is 0 Å². The van der Waals surface area contributed by atoms with Crippen molar-refractivity contribution >= 4 is 18.3 Å². The van der Waals surface area contributed by atoms with Gasteiger partial charge in [0, 0.05) is 31.8 Å². The van der Waals surface area contributed by atoms with Crippen LogP contribution >= 0.6 is 12.4 Å². The van der Waals surface area contributed by atoms with Gasteiger partial charge in [0.1, 0.15) is 12.5 Å². The Hall–Kier alpha value is -1.34. The molecule has 0 N–H and O–H groups in total. The Kier molecular flexibility index (Phi) is 9.62. The number of amides is 1. The summed E-state index contributed by atoms with van der Waals surface area (Å²) in [6, 6.07) is 5.67. The number of rotatable bonds is 7. The standard InChI is InChI=1S/C24H38N2O4.ClH/c1-6-25-14-20(15-28-7-2)13-24(16-25)10-11-26(17-29-24)23(27)21-8-9-22(19(5)12-21)30-18(3)4;/h8-9,12,18,20H,6-7,10-11,13-17H2,1-5H3;1H. The Balaban J connectivity index is 0.00000341. The number of likely N-dealkylation sites (tertiary alicyclic amines) is 1. The number of carbonyl (C=O) groups is 1. The number of ether oxygens (including phenoxy) is 3. The van der Waals surface area contributed by atoms with Crippen LogP contribution in [0.4, 0.5) is 0 Å². The van der Waals surface area contributed by atoms with Gasteiger partial charge in [-0.05, 0) is 76.8 Å². The van der Waals surface area contributed by atoms with Crippen molar-refractivity contribution in [3.05, 3.63) is 29.3 Å². The fourth-order valence-electron chi connectivity index (χ4n) is 4.62. The van der Waals surface area contributed by atoms with Crippen LogP contribution in [0.3, 0.4) is 0 Å². The molecular weight excluding hydrogens is 416 g/mol. The summed E-state index contributed by atoms with van der Waals surface area (Å²) in [4.78, 5) is 17.3. The number of hydrogen-bond acceptors (Lipinski definition) is 5. The van der Waals surface area contributed by atoms with Crippen molar-refractivity contribution in [3.8, 4) is 5.75 Å². The van der Waals surface area contributed by atoms with Crippen LogP contribution in [0.15, 0.2) is 18.2 Å². The fraction of sp³-hybridized carbons (Fsp3) is 0.708. The first kappa shape index (κ1) is 25.9. The lowest BCUT2D eigenvalue weighted by Crippen LogP contribution is -2.59. The largest absolute Gasteiger partial charge is 0.491 e. The number of halogens is 1. The van der Waals surface area contributed by atoms with E-state index in [1.54, 1.807) is 0 Å². The van der Waals surface area contributed by atoms with E-state index in [9.17, 15) is 4.79 Å². The summed E-state index contributed by atoms with van der Waals surface area (Å²) in [6.07, 6.45) is 1.98. The van der Waals surface area contributed by atoms with E-state index in [1.807, 2.05) is 50.8 Å². The Morgan fingerprint density at radius 3 is 2.68 bits per heavy atom. The molecule has 1 aromatic carbocycles. The molecule has 1 aromatic rings. The first-order valence-electron chi connectivity index (χ1n) is 11.4. The molecule has 31 heavy (non-hydrogen) atoms. The Morgan fingerprint density at radius 1 is 1.32 bits per heavy atom. The van der Waals surface area contributed by atoms with E-state index in [-0.39, 0.29) is 30.0 Å². The average molecular weight is 455 g/mol. The van der Waals surface area contributed by atoms with Gasteiger partial charge in [-0.3, -0.25) is 4.79 Å². The van der Waals surface area contributed by atoms with Gasteiger partial charge in [0.2, 0.25) is 0 Å². The maximum atomic E-state index is 13.1. The third kappa shape index (κ3) is 6.58. The maximum absolute atomic E-state index is 13.1. The van der Waals surface area contributed by atoms with Crippen LogP contribution in [0, 0.1) is 12.8 Å². The molecule has 176 valence electrons. The van der Waals surface area contributed by atoms with Crippen LogP contribution in [0.2, 0.25) is 0 Å². The molecule has 2 unspecified atom stereocenters. The van der Waals surface area contributed by atoms with Gasteiger partial charge in [-0.2, -0.15) is 0 Å². The van der Waals surface area contributed by atoms with Gasteiger partial charge in [0.25, 0.3) is 5.91 Å². The molecule has 0 aromatic heterocycles. The van der Waals surface area contributed by atoms with Crippen LogP contribution in [0.25, 0.3) is 0 Å². The molecule has 2 saturated heterocycles. The minimum atomic E-state index is -0.169. The first-order valence-corrected chi connectivity index (χ1v) is 11.4. The molecule has 2 atom stereocenters. The zero-order valence-corrected chi connectivity index (χ0v) is 20.5. The molecule has 1 amide bonds. The average Bonchev–Trinajstić information content (AvgIpc) is 2.73. The van der Waals surface area contributed by atoms with E-state index in [0.717, 1.165) is 63.5 Å². The summed E-state index contributed by atoms with van der Waals surface area (Å²) in [5.41, 5.74) is 1.50. The summed E-state index contributed by atoms with van der Waals surface area (Å²) in [5.74, 6) is 1.34. The van der Waals surface area contributed by atoms with Crippen molar-refractivity contribution in [2.24, 2.45) is 5.92 Å². The van der Waals surface area contributed by atoms with E-state index in [1.165, 1.54) is 0 Å². The van der Waals surface area contributed by atoms with Crippen molar-refractivity contribution in [1.29, 1.82) is 0 Å². The molecule has 0 radical (unpaired) electrons. The van der Waals surface area contributed by atoms with Crippen LogP contribution in [-0.4, -0.2) is 73.5 Å². The van der Waals surface area contributed by atoms with Crippen molar-refractivity contribution in [2.75, 3.05) is 46.1 Å². The number of hydrogen-bond donors (Lipinski definition) is 0. The second kappa shape index (κ2) is 11.5. The quantitative estimate of drug-likeness (QED) is 0.619. The molecular formula is C24H39ClN2O4. The lowest BCUT2D eigenvalue weighted by Gasteiger charge is -2.49. The van der Waals surface area contributed by atoms with Crippen LogP contribution < -0.4 is 4.74 Å². The lowest BCUT2D eigenvalue weighted by atomic mass is 9.82. The summed E-state index contributed by atoms with van der Waals surface area (Å²) < 4.78 is 17.9. The second-order valence-electron chi connectivity index (χ2n) is 8.98. The molecule has 3 rings (SSSR count). The second-order valence-corrected chi connectivity index (χ2v) is 8.98. The van der Waals surface area contributed by atoms with Crippen molar-refractivity contribution in [1.82, 2.24) is 9.80 Å². The van der Waals surface area contributed by atoms with Crippen molar-refractivity contribution < 1.29 is 19.0 Å². The molecule has 7 heteroatoms. The maximum Gasteiger partial charge on any atom is 0.255 e. The predicted molar refractivity (Wildman–Crippen MR) is 125 cm³/mol. The number of aryl methyl sites for hydroxylation is 1. The van der Waals surface area contributed by atoms with E-state index < -0.39 is 0 Å². The molecule has 0 bridgehead atoms. The smallest absolute Gasteiger partial charge is 0.255 e. The number of benzene rings is 1. The van der Waals surface area contributed by atoms with E-state index in [4.69, 9.17) is 14.2 Å². The third-order valence-corrected chi connectivity index (χ3v) is 6.13. The van der Waals surface area contributed by atoms with E-state index in [0.29, 0.717) is 18.2 Å². The zero-order chi connectivity index (χ0) is 21.7. The SMILES string of the molecule is CCOCC1CN(CC)CC2(CCN(C(=O)c3ccc(OC(C)C)c(C)c3)CO2)C1.Cl. The molecule has 0 aliphatic carbocycles. The predicted octanol–water partition coefficient (Wildman–Crippen LogP) is 4.14. The van der Waals surface area contributed by atoms with Crippen LogP contribution in [-0.2, 0) is 9.47 Å². The number of piperidine rings is 1. The van der Waals surface area contributed by atoms with Crippen LogP contribution in [0.1, 0.15) is 56.5 Å². The molecule has 1 spiro atoms. The lowest BCUT2D eigenvalue weighted by molar-refractivity contribution is -0.166. The van der Waals surface area contributed by atoms with Gasteiger partial charge < -0.3 is 24.0 Å². The molecule has 0 saturated carbocycles. The highest BCUT2D eigenvalue weighted by Gasteiger charge is 2.43. The zero-order valence-electron chi connectivity index (χ0n) is 19.7. The fourth-order valence-corrected chi connectivity index (χ4v) is 4.62. The Morgan fingerprint density at radius 2 is 2.10 bits per heavy atom. The number of likely N-dealkylation sites (N-methyl/N-ethyl adjacent to an activating group) is 1. The molecule has 6 nitrogen and oxygen atoms in total. The van der Waals surface area contributed by atoms with Gasteiger partial charge >= 0.3 is 0 Å². The molecule has 2 aliphatic rings. The summed E-state index contributed by atoms with van der Waals surface area (Å²) >= 11 is 0. The van der Waals surface area contributed by atoms with E-state index >= 15 is 0 Å². The molecule has 2 fully saturated rings. The first-order chi connectivity index (χ1) is 14.4. The van der Waals surface area contributed by atoms with Gasteiger partial charge in [0.05, 0.1) is 18.3 Å². The van der Waals surface area contributed by atoms with Gasteiger partial charge in [-0.15, -0.1) is 12.4 Å². The Labute approximate surface area is 193 Å². The number of nitrogens with zero attached hydrogens (tertiary/aromatic N) is 2.